The highest BCUT2D eigenvalue weighted by molar-refractivity contribution is 7.80. The van der Waals surface area contributed by atoms with Gasteiger partial charge in [-0.2, -0.15) is 5.10 Å². The average Bonchev–Trinajstić information content (AvgIpc) is 2.61. The van der Waals surface area contributed by atoms with E-state index in [0.717, 1.165) is 17.7 Å². The number of hydrazone groups is 1. The fraction of sp³-hybridized carbons (Fsp3) is 0.556. The van der Waals surface area contributed by atoms with Crippen LogP contribution in [-0.2, 0) is 0 Å². The lowest BCUT2D eigenvalue weighted by atomic mass is 9.96. The first kappa shape index (κ1) is 18.5. The molecule has 0 saturated heterocycles. The van der Waals surface area contributed by atoms with Gasteiger partial charge in [-0.1, -0.05) is 26.2 Å². The zero-order chi connectivity index (χ0) is 17.2. The Hall–Kier alpha value is -1.82. The maximum absolute atomic E-state index is 5.64. The van der Waals surface area contributed by atoms with Crippen molar-refractivity contribution in [1.29, 1.82) is 0 Å². The fourth-order valence-electron chi connectivity index (χ4n) is 2.73. The third-order valence-electron chi connectivity index (χ3n) is 3.97. The normalized spacial score (nSPS) is 15.2. The molecule has 1 aliphatic rings. The smallest absolute Gasteiger partial charge is 0.187 e. The lowest BCUT2D eigenvalue weighted by Gasteiger charge is -2.23. The molecule has 0 bridgehead atoms. The molecule has 1 aromatic carbocycles. The number of benzene rings is 1. The van der Waals surface area contributed by atoms with Crippen LogP contribution in [0.3, 0.4) is 0 Å². The molecular formula is C18H27N3O2S. The van der Waals surface area contributed by atoms with Crippen molar-refractivity contribution in [3.63, 3.8) is 0 Å². The monoisotopic (exact) mass is 349 g/mol. The van der Waals surface area contributed by atoms with E-state index in [4.69, 9.17) is 21.7 Å². The molecule has 6 heteroatoms. The topological polar surface area (TPSA) is 54.9 Å². The van der Waals surface area contributed by atoms with Gasteiger partial charge in [-0.15, -0.1) is 0 Å². The first-order valence-corrected chi connectivity index (χ1v) is 9.04. The van der Waals surface area contributed by atoms with Gasteiger partial charge in [0.15, 0.2) is 16.6 Å². The number of thiocarbonyl (C=S) groups is 1. The van der Waals surface area contributed by atoms with Crippen LogP contribution in [-0.4, -0.2) is 31.1 Å². The van der Waals surface area contributed by atoms with Crippen LogP contribution in [0, 0.1) is 0 Å². The third kappa shape index (κ3) is 6.00. The third-order valence-corrected chi connectivity index (χ3v) is 4.18. The minimum absolute atomic E-state index is 0.476. The Bertz CT molecular complexity index is 557. The number of methoxy groups -OCH3 is 1. The SMILES string of the molecule is CCCOc1ccc(C=NNC(=S)NC2CCCCC2)cc1OC. The van der Waals surface area contributed by atoms with Crippen molar-refractivity contribution >= 4 is 23.5 Å². The zero-order valence-electron chi connectivity index (χ0n) is 14.5. The van der Waals surface area contributed by atoms with Gasteiger partial charge < -0.3 is 14.8 Å². The van der Waals surface area contributed by atoms with Gasteiger partial charge in [0, 0.05) is 6.04 Å². The van der Waals surface area contributed by atoms with Crippen molar-refractivity contribution in [2.75, 3.05) is 13.7 Å². The molecule has 0 amide bonds. The van der Waals surface area contributed by atoms with Crippen molar-refractivity contribution in [2.24, 2.45) is 5.10 Å². The first-order chi connectivity index (χ1) is 11.7. The Balaban J connectivity index is 1.85. The van der Waals surface area contributed by atoms with E-state index in [-0.39, 0.29) is 0 Å². The molecule has 0 radical (unpaired) electrons. The zero-order valence-corrected chi connectivity index (χ0v) is 15.3. The van der Waals surface area contributed by atoms with E-state index >= 15 is 0 Å². The first-order valence-electron chi connectivity index (χ1n) is 8.63. The van der Waals surface area contributed by atoms with Gasteiger partial charge in [0.2, 0.25) is 0 Å². The van der Waals surface area contributed by atoms with Crippen molar-refractivity contribution in [1.82, 2.24) is 10.7 Å². The maximum atomic E-state index is 5.64. The number of ether oxygens (including phenoxy) is 2. The Morgan fingerprint density at radius 1 is 1.29 bits per heavy atom. The minimum Gasteiger partial charge on any atom is -0.493 e. The highest BCUT2D eigenvalue weighted by Crippen LogP contribution is 2.27. The van der Waals surface area contributed by atoms with Crippen molar-refractivity contribution in [2.45, 2.75) is 51.5 Å². The van der Waals surface area contributed by atoms with Crippen LogP contribution in [0.15, 0.2) is 23.3 Å². The highest BCUT2D eigenvalue weighted by atomic mass is 32.1. The van der Waals surface area contributed by atoms with Gasteiger partial charge in [-0.05, 0) is 55.2 Å². The van der Waals surface area contributed by atoms with Crippen molar-refractivity contribution in [3.05, 3.63) is 23.8 Å². The van der Waals surface area contributed by atoms with E-state index < -0.39 is 0 Å². The van der Waals surface area contributed by atoms with Crippen molar-refractivity contribution in [3.8, 4) is 11.5 Å². The molecule has 0 aliphatic heterocycles. The molecule has 24 heavy (non-hydrogen) atoms. The van der Waals surface area contributed by atoms with Gasteiger partial charge in [0.25, 0.3) is 0 Å². The fourth-order valence-corrected chi connectivity index (χ4v) is 2.95. The molecule has 1 aromatic rings. The summed E-state index contributed by atoms with van der Waals surface area (Å²) in [6.45, 7) is 2.75. The molecule has 1 fully saturated rings. The summed E-state index contributed by atoms with van der Waals surface area (Å²) in [7, 11) is 1.64. The summed E-state index contributed by atoms with van der Waals surface area (Å²) < 4.78 is 11.0. The van der Waals surface area contributed by atoms with Crippen LogP contribution in [0.25, 0.3) is 0 Å². The van der Waals surface area contributed by atoms with E-state index in [1.54, 1.807) is 13.3 Å². The molecule has 2 rings (SSSR count). The second-order valence-corrected chi connectivity index (χ2v) is 6.35. The molecule has 0 spiro atoms. The van der Waals surface area contributed by atoms with E-state index in [0.29, 0.717) is 23.5 Å². The van der Waals surface area contributed by atoms with Crippen LogP contribution in [0.2, 0.25) is 0 Å². The second kappa shape index (κ2) is 10.1. The Kier molecular flexibility index (Phi) is 7.82. The second-order valence-electron chi connectivity index (χ2n) is 5.94. The van der Waals surface area contributed by atoms with Gasteiger partial charge in [0.05, 0.1) is 19.9 Å². The molecule has 132 valence electrons. The van der Waals surface area contributed by atoms with Crippen molar-refractivity contribution < 1.29 is 9.47 Å². The summed E-state index contributed by atoms with van der Waals surface area (Å²) in [5, 5.41) is 8.10. The Morgan fingerprint density at radius 2 is 2.08 bits per heavy atom. The van der Waals surface area contributed by atoms with Crippen LogP contribution < -0.4 is 20.2 Å². The highest BCUT2D eigenvalue weighted by Gasteiger charge is 2.13. The molecule has 0 atom stereocenters. The quantitative estimate of drug-likeness (QED) is 0.447. The van der Waals surface area contributed by atoms with Crippen LogP contribution in [0.5, 0.6) is 11.5 Å². The molecular weight excluding hydrogens is 322 g/mol. The molecule has 5 nitrogen and oxygen atoms in total. The summed E-state index contributed by atoms with van der Waals surface area (Å²) >= 11 is 5.29. The van der Waals surface area contributed by atoms with Crippen LogP contribution in [0.1, 0.15) is 51.0 Å². The molecule has 1 saturated carbocycles. The summed E-state index contributed by atoms with van der Waals surface area (Å²) in [5.74, 6) is 1.45. The Morgan fingerprint density at radius 3 is 2.79 bits per heavy atom. The standard InChI is InChI=1S/C18H27N3O2S/c1-3-11-23-16-10-9-14(12-17(16)22-2)13-19-21-18(24)20-15-7-5-4-6-8-15/h9-10,12-13,15H,3-8,11H2,1-2H3,(H2,20,21,24). The predicted octanol–water partition coefficient (Wildman–Crippen LogP) is 3.61. The molecule has 0 heterocycles. The number of nitrogens with zero attached hydrogens (tertiary/aromatic N) is 1. The van der Waals surface area contributed by atoms with Gasteiger partial charge in [0.1, 0.15) is 0 Å². The number of nitrogens with one attached hydrogen (secondary N) is 2. The van der Waals surface area contributed by atoms with Gasteiger partial charge in [-0.3, -0.25) is 5.43 Å². The average molecular weight is 350 g/mol. The van der Waals surface area contributed by atoms with Gasteiger partial charge >= 0.3 is 0 Å². The summed E-state index contributed by atoms with van der Waals surface area (Å²) in [6.07, 6.45) is 8.93. The number of hydrogen-bond donors (Lipinski definition) is 2. The summed E-state index contributed by atoms with van der Waals surface area (Å²) in [6, 6.07) is 6.21. The largest absolute Gasteiger partial charge is 0.493 e. The van der Waals surface area contributed by atoms with Crippen LogP contribution >= 0.6 is 12.2 Å². The number of rotatable bonds is 7. The predicted molar refractivity (Wildman–Crippen MR) is 102 cm³/mol. The van der Waals surface area contributed by atoms with E-state index in [1.807, 2.05) is 18.2 Å². The lowest BCUT2D eigenvalue weighted by Crippen LogP contribution is -2.40. The van der Waals surface area contributed by atoms with E-state index in [1.165, 1.54) is 32.1 Å². The molecule has 0 unspecified atom stereocenters. The summed E-state index contributed by atoms with van der Waals surface area (Å²) in [4.78, 5) is 0. The lowest BCUT2D eigenvalue weighted by molar-refractivity contribution is 0.294. The number of hydrogen-bond acceptors (Lipinski definition) is 4. The summed E-state index contributed by atoms with van der Waals surface area (Å²) in [5.41, 5.74) is 3.80. The molecule has 1 aliphatic carbocycles. The van der Waals surface area contributed by atoms with E-state index in [2.05, 4.69) is 22.8 Å². The Labute approximate surface area is 149 Å². The maximum Gasteiger partial charge on any atom is 0.187 e. The molecule has 2 N–H and O–H groups in total. The van der Waals surface area contributed by atoms with Gasteiger partial charge in [-0.25, -0.2) is 0 Å². The molecule has 0 aromatic heterocycles. The van der Waals surface area contributed by atoms with E-state index in [9.17, 15) is 0 Å². The minimum atomic E-state index is 0.476. The van der Waals surface area contributed by atoms with Crippen LogP contribution in [0.4, 0.5) is 0 Å².